The van der Waals surface area contributed by atoms with E-state index in [4.69, 9.17) is 9.47 Å². The highest BCUT2D eigenvalue weighted by Gasteiger charge is 2.07. The van der Waals surface area contributed by atoms with Crippen molar-refractivity contribution in [2.24, 2.45) is 0 Å². The van der Waals surface area contributed by atoms with Crippen molar-refractivity contribution in [2.45, 2.75) is 0 Å². The summed E-state index contributed by atoms with van der Waals surface area (Å²) in [4.78, 5) is 20.3. The molecule has 0 aliphatic rings. The van der Waals surface area contributed by atoms with E-state index in [0.29, 0.717) is 17.3 Å². The number of rotatable bonds is 5. The van der Waals surface area contributed by atoms with E-state index in [1.54, 1.807) is 24.4 Å². The van der Waals surface area contributed by atoms with Gasteiger partial charge in [0, 0.05) is 17.6 Å². The van der Waals surface area contributed by atoms with Crippen molar-refractivity contribution in [3.05, 3.63) is 54.9 Å². The number of ether oxygens (including phenoxy) is 2. The van der Waals surface area contributed by atoms with Gasteiger partial charge in [-0.25, -0.2) is 4.98 Å². The molecular weight excluding hydrogens is 294 g/mol. The highest BCUT2D eigenvalue weighted by atomic mass is 16.5. The lowest BCUT2D eigenvalue weighted by molar-refractivity contribution is -0.118. The van der Waals surface area contributed by atoms with Crippen LogP contribution in [0.2, 0.25) is 0 Å². The summed E-state index contributed by atoms with van der Waals surface area (Å²) in [6.07, 6.45) is 3.22. The highest BCUT2D eigenvalue weighted by molar-refractivity contribution is 5.92. The second-order valence-electron chi connectivity index (χ2n) is 4.76. The van der Waals surface area contributed by atoms with Crippen LogP contribution in [0.3, 0.4) is 0 Å². The molecule has 6 heteroatoms. The van der Waals surface area contributed by atoms with E-state index >= 15 is 0 Å². The van der Waals surface area contributed by atoms with Crippen molar-refractivity contribution in [2.75, 3.05) is 19.0 Å². The van der Waals surface area contributed by atoms with Crippen LogP contribution in [-0.2, 0) is 4.79 Å². The summed E-state index contributed by atoms with van der Waals surface area (Å²) in [6.45, 7) is -0.109. The second kappa shape index (κ2) is 6.74. The molecule has 2 heterocycles. The SMILES string of the molecule is COc1ccc(NC(=O)COc2cccc3cccnc23)cn1. The van der Waals surface area contributed by atoms with Gasteiger partial charge in [0.1, 0.15) is 11.3 Å². The van der Waals surface area contributed by atoms with Crippen LogP contribution < -0.4 is 14.8 Å². The zero-order valence-electron chi connectivity index (χ0n) is 12.5. The van der Waals surface area contributed by atoms with Gasteiger partial charge in [-0.2, -0.15) is 0 Å². The summed E-state index contributed by atoms with van der Waals surface area (Å²) in [7, 11) is 1.53. The quantitative estimate of drug-likeness (QED) is 0.784. The summed E-state index contributed by atoms with van der Waals surface area (Å²) in [6, 6.07) is 12.8. The predicted molar refractivity (Wildman–Crippen MR) is 86.7 cm³/mol. The molecule has 1 N–H and O–H groups in total. The van der Waals surface area contributed by atoms with E-state index in [1.807, 2.05) is 24.3 Å². The fraction of sp³-hybridized carbons (Fsp3) is 0.118. The first kappa shape index (κ1) is 14.8. The van der Waals surface area contributed by atoms with E-state index in [-0.39, 0.29) is 12.5 Å². The number of nitrogens with one attached hydrogen (secondary N) is 1. The molecule has 2 aromatic heterocycles. The minimum absolute atomic E-state index is 0.109. The number of hydrogen-bond donors (Lipinski definition) is 1. The van der Waals surface area contributed by atoms with Gasteiger partial charge in [0.05, 0.1) is 19.0 Å². The number of hydrogen-bond acceptors (Lipinski definition) is 5. The first-order valence-corrected chi connectivity index (χ1v) is 7.03. The van der Waals surface area contributed by atoms with Gasteiger partial charge >= 0.3 is 0 Å². The van der Waals surface area contributed by atoms with Crippen LogP contribution in [0.1, 0.15) is 0 Å². The summed E-state index contributed by atoms with van der Waals surface area (Å²) in [5, 5.41) is 3.67. The normalized spacial score (nSPS) is 10.3. The Morgan fingerprint density at radius 2 is 2.00 bits per heavy atom. The van der Waals surface area contributed by atoms with E-state index in [1.165, 1.54) is 13.3 Å². The lowest BCUT2D eigenvalue weighted by Gasteiger charge is -2.09. The molecule has 0 bridgehead atoms. The van der Waals surface area contributed by atoms with E-state index in [2.05, 4.69) is 15.3 Å². The number of carbonyl (C=O) groups excluding carboxylic acids is 1. The zero-order chi connectivity index (χ0) is 16.1. The Morgan fingerprint density at radius 3 is 2.78 bits per heavy atom. The number of fused-ring (bicyclic) bond motifs is 1. The van der Waals surface area contributed by atoms with Gasteiger partial charge in [0.2, 0.25) is 5.88 Å². The molecule has 6 nitrogen and oxygen atoms in total. The zero-order valence-corrected chi connectivity index (χ0v) is 12.5. The van der Waals surface area contributed by atoms with Crippen LogP contribution >= 0.6 is 0 Å². The van der Waals surface area contributed by atoms with Gasteiger partial charge in [-0.15, -0.1) is 0 Å². The molecule has 0 fully saturated rings. The van der Waals surface area contributed by atoms with E-state index < -0.39 is 0 Å². The van der Waals surface area contributed by atoms with E-state index in [9.17, 15) is 4.79 Å². The van der Waals surface area contributed by atoms with Crippen LogP contribution in [0, 0.1) is 0 Å². The van der Waals surface area contributed by atoms with Crippen molar-refractivity contribution < 1.29 is 14.3 Å². The topological polar surface area (TPSA) is 73.3 Å². The molecule has 23 heavy (non-hydrogen) atoms. The summed E-state index contributed by atoms with van der Waals surface area (Å²) >= 11 is 0. The third-order valence-corrected chi connectivity index (χ3v) is 3.18. The third kappa shape index (κ3) is 3.55. The number of para-hydroxylation sites is 1. The Bertz CT molecular complexity index is 813. The summed E-state index contributed by atoms with van der Waals surface area (Å²) in [5.41, 5.74) is 1.31. The monoisotopic (exact) mass is 309 g/mol. The number of methoxy groups -OCH3 is 1. The van der Waals surface area contributed by atoms with Crippen LogP contribution in [0.25, 0.3) is 10.9 Å². The molecule has 0 saturated carbocycles. The largest absolute Gasteiger partial charge is 0.481 e. The van der Waals surface area contributed by atoms with Crippen molar-refractivity contribution in [1.82, 2.24) is 9.97 Å². The fourth-order valence-corrected chi connectivity index (χ4v) is 2.11. The average molecular weight is 309 g/mol. The van der Waals surface area contributed by atoms with E-state index in [0.717, 1.165) is 10.9 Å². The average Bonchev–Trinajstić information content (AvgIpc) is 2.60. The molecule has 0 radical (unpaired) electrons. The van der Waals surface area contributed by atoms with Gasteiger partial charge in [-0.3, -0.25) is 9.78 Å². The number of benzene rings is 1. The molecule has 116 valence electrons. The van der Waals surface area contributed by atoms with Gasteiger partial charge in [-0.05, 0) is 18.2 Å². The first-order chi connectivity index (χ1) is 11.3. The molecule has 0 saturated heterocycles. The Morgan fingerprint density at radius 1 is 1.13 bits per heavy atom. The van der Waals surface area contributed by atoms with Crippen molar-refractivity contribution in [1.29, 1.82) is 0 Å². The third-order valence-electron chi connectivity index (χ3n) is 3.18. The standard InChI is InChI=1S/C17H15N3O3/c1-22-16-8-7-13(10-19-16)20-15(21)11-23-14-6-2-4-12-5-3-9-18-17(12)14/h2-10H,11H2,1H3,(H,20,21). The predicted octanol–water partition coefficient (Wildman–Crippen LogP) is 2.66. The molecular formula is C17H15N3O3. The Balaban J connectivity index is 1.63. The first-order valence-electron chi connectivity index (χ1n) is 7.03. The van der Waals surface area contributed by atoms with Crippen LogP contribution in [0.5, 0.6) is 11.6 Å². The second-order valence-corrected chi connectivity index (χ2v) is 4.76. The summed E-state index contributed by atoms with van der Waals surface area (Å²) in [5.74, 6) is 0.789. The minimum Gasteiger partial charge on any atom is -0.481 e. The molecule has 0 atom stereocenters. The maximum atomic E-state index is 12.0. The van der Waals surface area contributed by atoms with Crippen molar-refractivity contribution >= 4 is 22.5 Å². The smallest absolute Gasteiger partial charge is 0.262 e. The summed E-state index contributed by atoms with van der Waals surface area (Å²) < 4.78 is 10.5. The molecule has 3 rings (SSSR count). The Hall–Kier alpha value is -3.15. The van der Waals surface area contributed by atoms with Crippen LogP contribution in [0.15, 0.2) is 54.9 Å². The van der Waals surface area contributed by atoms with Crippen LogP contribution in [-0.4, -0.2) is 29.6 Å². The lowest BCUT2D eigenvalue weighted by atomic mass is 10.2. The Kier molecular flexibility index (Phi) is 4.33. The maximum absolute atomic E-state index is 12.0. The maximum Gasteiger partial charge on any atom is 0.262 e. The molecule has 0 aliphatic heterocycles. The van der Waals surface area contributed by atoms with Gasteiger partial charge < -0.3 is 14.8 Å². The molecule has 1 amide bonds. The number of pyridine rings is 2. The Labute approximate surface area is 133 Å². The number of nitrogens with zero attached hydrogens (tertiary/aromatic N) is 2. The molecule has 0 spiro atoms. The van der Waals surface area contributed by atoms with Gasteiger partial charge in [-0.1, -0.05) is 18.2 Å². The molecule has 3 aromatic rings. The molecule has 1 aromatic carbocycles. The lowest BCUT2D eigenvalue weighted by Crippen LogP contribution is -2.20. The highest BCUT2D eigenvalue weighted by Crippen LogP contribution is 2.22. The van der Waals surface area contributed by atoms with Crippen molar-refractivity contribution in [3.63, 3.8) is 0 Å². The van der Waals surface area contributed by atoms with Crippen LogP contribution in [0.4, 0.5) is 5.69 Å². The number of anilines is 1. The fourth-order valence-electron chi connectivity index (χ4n) is 2.11. The molecule has 0 unspecified atom stereocenters. The number of amides is 1. The van der Waals surface area contributed by atoms with Crippen molar-refractivity contribution in [3.8, 4) is 11.6 Å². The van der Waals surface area contributed by atoms with Gasteiger partial charge in [0.25, 0.3) is 5.91 Å². The molecule has 0 aliphatic carbocycles. The number of carbonyl (C=O) groups is 1. The number of aromatic nitrogens is 2. The van der Waals surface area contributed by atoms with Gasteiger partial charge in [0.15, 0.2) is 6.61 Å². The minimum atomic E-state index is -0.273.